The largest absolute Gasteiger partial charge is 0.347 e. The van der Waals surface area contributed by atoms with Crippen molar-refractivity contribution >= 4 is 50.5 Å². The lowest BCUT2D eigenvalue weighted by atomic mass is 9.82. The van der Waals surface area contributed by atoms with Gasteiger partial charge in [0.1, 0.15) is 4.90 Å². The molecule has 2 N–H and O–H groups in total. The van der Waals surface area contributed by atoms with E-state index in [1.807, 2.05) is 0 Å². The average molecular weight is 559 g/mol. The Morgan fingerprint density at radius 2 is 1.74 bits per heavy atom. The van der Waals surface area contributed by atoms with Crippen molar-refractivity contribution < 1.29 is 13.2 Å². The number of hydrogen-bond donors (Lipinski definition) is 2. The smallest absolute Gasteiger partial charge is 0.280 e. The molecule has 2 aliphatic rings. The first-order valence-corrected chi connectivity index (χ1v) is 15.3. The lowest BCUT2D eigenvalue weighted by Gasteiger charge is -2.25. The molecule has 0 atom stereocenters. The summed E-state index contributed by atoms with van der Waals surface area (Å²) in [6.45, 7) is 5.29. The summed E-state index contributed by atoms with van der Waals surface area (Å²) < 4.78 is 28.4. The second-order valence-corrected chi connectivity index (χ2v) is 14.1. The maximum Gasteiger partial charge on any atom is 0.280 e. The summed E-state index contributed by atoms with van der Waals surface area (Å²) >= 11 is 14.5. The number of sulfonamides is 1. The molecule has 1 aromatic carbocycles. The van der Waals surface area contributed by atoms with Crippen LogP contribution in [-0.4, -0.2) is 30.9 Å². The zero-order valence-electron chi connectivity index (χ0n) is 20.4. The van der Waals surface area contributed by atoms with Crippen molar-refractivity contribution in [2.24, 2.45) is 5.92 Å². The quantitative estimate of drug-likeness (QED) is 0.401. The topological polar surface area (TPSA) is 88.2 Å². The second kappa shape index (κ2) is 10.7. The minimum atomic E-state index is -3.86. The monoisotopic (exact) mass is 557 g/mol. The van der Waals surface area contributed by atoms with Crippen LogP contribution >= 0.6 is 34.5 Å². The summed E-state index contributed by atoms with van der Waals surface area (Å²) in [6.07, 6.45) is 9.74. The highest BCUT2D eigenvalue weighted by molar-refractivity contribution is 7.89. The third kappa shape index (κ3) is 6.39. The number of nitrogens with zero attached hydrogens (tertiary/aromatic N) is 1. The van der Waals surface area contributed by atoms with Gasteiger partial charge in [-0.1, -0.05) is 67.8 Å². The zero-order chi connectivity index (χ0) is 25.4. The molecule has 10 heteroatoms. The van der Waals surface area contributed by atoms with E-state index in [-0.39, 0.29) is 26.9 Å². The summed E-state index contributed by atoms with van der Waals surface area (Å²) in [6, 6.07) is 3.34. The number of nitrogens with one attached hydrogen (secondary N) is 2. The minimum absolute atomic E-state index is 0.0304. The van der Waals surface area contributed by atoms with Gasteiger partial charge in [-0.25, -0.2) is 18.1 Å². The second-order valence-electron chi connectivity index (χ2n) is 10.7. The molecule has 1 heterocycles. The highest BCUT2D eigenvalue weighted by Crippen LogP contribution is 2.43. The lowest BCUT2D eigenvalue weighted by Crippen LogP contribution is -2.40. The first kappa shape index (κ1) is 26.9. The van der Waals surface area contributed by atoms with Gasteiger partial charge in [0, 0.05) is 17.1 Å². The van der Waals surface area contributed by atoms with E-state index in [0.717, 1.165) is 55.5 Å². The third-order valence-corrected chi connectivity index (χ3v) is 10.5. The van der Waals surface area contributed by atoms with E-state index in [1.54, 1.807) is 26.8 Å². The van der Waals surface area contributed by atoms with Gasteiger partial charge in [0.2, 0.25) is 10.0 Å². The molecule has 0 aliphatic heterocycles. The number of rotatable bonds is 7. The molecule has 0 saturated heterocycles. The SMILES string of the molecule is CC(C)(C)NS(=O)(=O)c1ccc(-c2sc(C(=O)NC3CCCCC3)nc2CC2CCC2)c(Cl)c1Cl. The van der Waals surface area contributed by atoms with Crippen LogP contribution in [-0.2, 0) is 16.4 Å². The fourth-order valence-corrected chi connectivity index (χ4v) is 8.00. The van der Waals surface area contributed by atoms with E-state index in [0.29, 0.717) is 16.5 Å². The number of carbonyl (C=O) groups excluding carboxylic acids is 1. The van der Waals surface area contributed by atoms with Crippen LogP contribution in [0, 0.1) is 5.92 Å². The normalized spacial score (nSPS) is 17.9. The summed E-state index contributed by atoms with van der Waals surface area (Å²) in [5.74, 6) is 0.383. The minimum Gasteiger partial charge on any atom is -0.347 e. The number of thiazole rings is 1. The molecule has 35 heavy (non-hydrogen) atoms. The van der Waals surface area contributed by atoms with Crippen LogP contribution in [0.3, 0.4) is 0 Å². The van der Waals surface area contributed by atoms with Gasteiger partial charge in [0.05, 0.1) is 20.6 Å². The fourth-order valence-electron chi connectivity index (χ4n) is 4.63. The molecule has 2 aromatic rings. The molecular weight excluding hydrogens is 525 g/mol. The maximum absolute atomic E-state index is 13.0. The summed E-state index contributed by atoms with van der Waals surface area (Å²) in [5.41, 5.74) is 0.770. The molecule has 1 amide bonds. The Morgan fingerprint density at radius 3 is 2.34 bits per heavy atom. The van der Waals surface area contributed by atoms with Crippen LogP contribution in [0.25, 0.3) is 10.4 Å². The van der Waals surface area contributed by atoms with E-state index in [2.05, 4.69) is 10.0 Å². The highest BCUT2D eigenvalue weighted by Gasteiger charge is 2.29. The zero-order valence-corrected chi connectivity index (χ0v) is 23.6. The first-order valence-electron chi connectivity index (χ1n) is 12.3. The molecule has 2 aliphatic carbocycles. The fraction of sp³-hybridized carbons (Fsp3) is 0.600. The number of benzene rings is 1. The van der Waals surface area contributed by atoms with E-state index < -0.39 is 15.6 Å². The molecule has 2 saturated carbocycles. The van der Waals surface area contributed by atoms with Gasteiger partial charge in [0.25, 0.3) is 5.91 Å². The van der Waals surface area contributed by atoms with Crippen molar-refractivity contribution in [1.29, 1.82) is 0 Å². The van der Waals surface area contributed by atoms with Crippen LogP contribution in [0.15, 0.2) is 17.0 Å². The molecule has 192 valence electrons. The van der Waals surface area contributed by atoms with Crippen LogP contribution in [0.4, 0.5) is 0 Å². The van der Waals surface area contributed by atoms with Gasteiger partial charge in [-0.05, 0) is 52.0 Å². The molecule has 6 nitrogen and oxygen atoms in total. The summed E-state index contributed by atoms with van der Waals surface area (Å²) in [7, 11) is -3.86. The molecular formula is C25H33Cl2N3O3S2. The standard InChI is InChI=1S/C25H33Cl2N3O3S2/c1-25(2,3)30-35(32,33)19-13-12-17(20(26)21(19)27)22-18(14-15-8-7-9-15)29-24(34-22)23(31)28-16-10-5-4-6-11-16/h12-13,15-16,30H,4-11,14H2,1-3H3,(H,28,31). The molecule has 0 bridgehead atoms. The van der Waals surface area contributed by atoms with Crippen LogP contribution in [0.1, 0.15) is 87.6 Å². The van der Waals surface area contributed by atoms with Gasteiger partial charge < -0.3 is 5.32 Å². The van der Waals surface area contributed by atoms with Gasteiger partial charge in [0.15, 0.2) is 5.01 Å². The van der Waals surface area contributed by atoms with E-state index in [9.17, 15) is 13.2 Å². The van der Waals surface area contributed by atoms with Gasteiger partial charge >= 0.3 is 0 Å². The van der Waals surface area contributed by atoms with Crippen molar-refractivity contribution in [2.75, 3.05) is 0 Å². The molecule has 0 unspecified atom stereocenters. The number of halogens is 2. The molecule has 4 rings (SSSR count). The Hall–Kier alpha value is -1.19. The average Bonchev–Trinajstić information content (AvgIpc) is 3.15. The lowest BCUT2D eigenvalue weighted by molar-refractivity contribution is 0.0927. The van der Waals surface area contributed by atoms with Crippen molar-refractivity contribution in [3.63, 3.8) is 0 Å². The highest BCUT2D eigenvalue weighted by atomic mass is 35.5. The molecule has 0 spiro atoms. The van der Waals surface area contributed by atoms with Crippen molar-refractivity contribution in [3.05, 3.63) is 32.9 Å². The van der Waals surface area contributed by atoms with E-state index in [1.165, 1.54) is 30.2 Å². The van der Waals surface area contributed by atoms with Crippen LogP contribution in [0.5, 0.6) is 0 Å². The van der Waals surface area contributed by atoms with Crippen molar-refractivity contribution in [2.45, 2.75) is 95.0 Å². The van der Waals surface area contributed by atoms with Crippen LogP contribution in [0.2, 0.25) is 10.0 Å². The Morgan fingerprint density at radius 1 is 1.06 bits per heavy atom. The number of hydrogen-bond acceptors (Lipinski definition) is 5. The predicted molar refractivity (Wildman–Crippen MR) is 143 cm³/mol. The Kier molecular flexibility index (Phi) is 8.18. The molecule has 0 radical (unpaired) electrons. The first-order chi connectivity index (χ1) is 16.4. The van der Waals surface area contributed by atoms with E-state index >= 15 is 0 Å². The van der Waals surface area contributed by atoms with Gasteiger partial charge in [-0.3, -0.25) is 4.79 Å². The summed E-state index contributed by atoms with van der Waals surface area (Å²) in [5, 5.41) is 3.69. The number of carbonyl (C=O) groups is 1. The Bertz CT molecular complexity index is 1200. The Labute approximate surface area is 222 Å². The van der Waals surface area contributed by atoms with Gasteiger partial charge in [-0.2, -0.15) is 0 Å². The van der Waals surface area contributed by atoms with Gasteiger partial charge in [-0.15, -0.1) is 11.3 Å². The number of amides is 1. The van der Waals surface area contributed by atoms with Crippen molar-refractivity contribution in [3.8, 4) is 10.4 Å². The van der Waals surface area contributed by atoms with Crippen molar-refractivity contribution in [1.82, 2.24) is 15.0 Å². The number of aromatic nitrogens is 1. The third-order valence-electron chi connectivity index (χ3n) is 6.56. The summed E-state index contributed by atoms with van der Waals surface area (Å²) in [4.78, 5) is 18.5. The molecule has 1 aromatic heterocycles. The Balaban J connectivity index is 1.68. The maximum atomic E-state index is 13.0. The van der Waals surface area contributed by atoms with Crippen LogP contribution < -0.4 is 10.0 Å². The van der Waals surface area contributed by atoms with E-state index in [4.69, 9.17) is 28.2 Å². The molecule has 2 fully saturated rings. The predicted octanol–water partition coefficient (Wildman–Crippen LogP) is 6.60.